The van der Waals surface area contributed by atoms with Gasteiger partial charge in [-0.1, -0.05) is 12.1 Å². The number of hydrogen-bond donors (Lipinski definition) is 1. The van der Waals surface area contributed by atoms with Crippen LogP contribution in [0.1, 0.15) is 30.1 Å². The summed E-state index contributed by atoms with van der Waals surface area (Å²) in [5.41, 5.74) is 2.04. The van der Waals surface area contributed by atoms with Crippen molar-refractivity contribution in [3.8, 4) is 0 Å². The number of aromatic nitrogens is 1. The van der Waals surface area contributed by atoms with Crippen LogP contribution in [-0.4, -0.2) is 34.1 Å². The molecule has 1 saturated carbocycles. The molecule has 1 aliphatic carbocycles. The van der Waals surface area contributed by atoms with Gasteiger partial charge in [0.25, 0.3) is 0 Å². The van der Waals surface area contributed by atoms with E-state index in [0.29, 0.717) is 12.6 Å². The van der Waals surface area contributed by atoms with Gasteiger partial charge in [-0.3, -0.25) is 9.88 Å². The van der Waals surface area contributed by atoms with Gasteiger partial charge in [0.2, 0.25) is 0 Å². The Morgan fingerprint density at radius 2 is 1.82 bits per heavy atom. The number of rotatable bonds is 7. The van der Waals surface area contributed by atoms with Crippen molar-refractivity contribution < 1.29 is 9.50 Å². The maximum Gasteiger partial charge on any atom is 0.123 e. The van der Waals surface area contributed by atoms with Gasteiger partial charge in [0, 0.05) is 31.5 Å². The van der Waals surface area contributed by atoms with E-state index in [1.54, 1.807) is 12.1 Å². The first-order valence-electron chi connectivity index (χ1n) is 7.79. The summed E-state index contributed by atoms with van der Waals surface area (Å²) in [5.74, 6) is -0.271. The van der Waals surface area contributed by atoms with Gasteiger partial charge in [-0.05, 0) is 54.7 Å². The molecule has 0 radical (unpaired) electrons. The minimum Gasteiger partial charge on any atom is -0.387 e. The molecule has 1 N–H and O–H groups in total. The van der Waals surface area contributed by atoms with E-state index in [0.717, 1.165) is 18.5 Å². The molecule has 0 spiro atoms. The lowest BCUT2D eigenvalue weighted by Gasteiger charge is -2.25. The Kier molecular flexibility index (Phi) is 4.80. The van der Waals surface area contributed by atoms with Crippen LogP contribution >= 0.6 is 0 Å². The third-order valence-corrected chi connectivity index (χ3v) is 4.16. The van der Waals surface area contributed by atoms with Crippen molar-refractivity contribution in [2.75, 3.05) is 13.1 Å². The smallest absolute Gasteiger partial charge is 0.123 e. The first-order valence-corrected chi connectivity index (χ1v) is 7.79. The van der Waals surface area contributed by atoms with Crippen molar-refractivity contribution in [2.24, 2.45) is 0 Å². The van der Waals surface area contributed by atoms with Crippen LogP contribution in [0.4, 0.5) is 4.39 Å². The minimum atomic E-state index is -0.571. The van der Waals surface area contributed by atoms with Crippen molar-refractivity contribution in [1.29, 1.82) is 0 Å². The van der Waals surface area contributed by atoms with Crippen LogP contribution in [0.15, 0.2) is 48.8 Å². The fourth-order valence-electron chi connectivity index (χ4n) is 2.70. The standard InChI is InChI=1S/C18H21FN2O/c19-16-3-1-15(2-4-16)18(22)13-21(17-5-6-17)12-9-14-7-10-20-11-8-14/h1-4,7-8,10-11,17-18,22H,5-6,9,12-13H2. The molecule has 1 aliphatic rings. The fraction of sp³-hybridized carbons (Fsp3) is 0.389. The monoisotopic (exact) mass is 300 g/mol. The number of aliphatic hydroxyl groups excluding tert-OH is 1. The van der Waals surface area contributed by atoms with E-state index in [9.17, 15) is 9.50 Å². The van der Waals surface area contributed by atoms with E-state index < -0.39 is 6.10 Å². The van der Waals surface area contributed by atoms with Gasteiger partial charge in [0.05, 0.1) is 6.10 Å². The molecule has 0 amide bonds. The summed E-state index contributed by atoms with van der Waals surface area (Å²) in [7, 11) is 0. The number of pyridine rings is 1. The molecule has 1 aromatic heterocycles. The maximum absolute atomic E-state index is 13.0. The van der Waals surface area contributed by atoms with E-state index in [1.165, 1.54) is 30.5 Å². The van der Waals surface area contributed by atoms with Crippen LogP contribution < -0.4 is 0 Å². The van der Waals surface area contributed by atoms with Crippen molar-refractivity contribution in [3.05, 3.63) is 65.7 Å². The van der Waals surface area contributed by atoms with Crippen LogP contribution in [0.5, 0.6) is 0 Å². The van der Waals surface area contributed by atoms with Gasteiger partial charge >= 0.3 is 0 Å². The van der Waals surface area contributed by atoms with E-state index in [4.69, 9.17) is 0 Å². The molecule has 1 aromatic carbocycles. The summed E-state index contributed by atoms with van der Waals surface area (Å²) in [4.78, 5) is 6.37. The summed E-state index contributed by atoms with van der Waals surface area (Å²) in [6, 6.07) is 10.8. The summed E-state index contributed by atoms with van der Waals surface area (Å²) < 4.78 is 13.0. The highest BCUT2D eigenvalue weighted by molar-refractivity contribution is 5.19. The number of halogens is 1. The molecule has 116 valence electrons. The van der Waals surface area contributed by atoms with Crippen LogP contribution in [0.2, 0.25) is 0 Å². The Balaban J connectivity index is 1.58. The number of nitrogens with zero attached hydrogens (tertiary/aromatic N) is 2. The Labute approximate surface area is 130 Å². The molecular formula is C18H21FN2O. The lowest BCUT2D eigenvalue weighted by Crippen LogP contribution is -2.32. The van der Waals surface area contributed by atoms with E-state index in [-0.39, 0.29) is 5.82 Å². The van der Waals surface area contributed by atoms with Gasteiger partial charge in [-0.15, -0.1) is 0 Å². The molecule has 1 unspecified atom stereocenters. The van der Waals surface area contributed by atoms with Gasteiger partial charge < -0.3 is 5.11 Å². The number of benzene rings is 1. The molecule has 3 nitrogen and oxygen atoms in total. The van der Waals surface area contributed by atoms with Crippen molar-refractivity contribution in [2.45, 2.75) is 31.4 Å². The summed E-state index contributed by atoms with van der Waals surface area (Å²) in [6.07, 6.45) is 6.40. The SMILES string of the molecule is OC(CN(CCc1ccncc1)C1CC1)c1ccc(F)cc1. The molecule has 4 heteroatoms. The fourth-order valence-corrected chi connectivity index (χ4v) is 2.70. The second kappa shape index (κ2) is 6.99. The van der Waals surface area contributed by atoms with Crippen molar-refractivity contribution >= 4 is 0 Å². The number of aliphatic hydroxyl groups is 1. The average Bonchev–Trinajstić information content (AvgIpc) is 3.38. The van der Waals surface area contributed by atoms with Gasteiger partial charge in [0.15, 0.2) is 0 Å². The zero-order valence-corrected chi connectivity index (χ0v) is 12.5. The largest absolute Gasteiger partial charge is 0.387 e. The molecule has 1 atom stereocenters. The molecule has 1 heterocycles. The highest BCUT2D eigenvalue weighted by atomic mass is 19.1. The first kappa shape index (κ1) is 15.1. The molecule has 0 bridgehead atoms. The van der Waals surface area contributed by atoms with E-state index in [2.05, 4.69) is 9.88 Å². The average molecular weight is 300 g/mol. The van der Waals surface area contributed by atoms with Gasteiger partial charge in [-0.2, -0.15) is 0 Å². The van der Waals surface area contributed by atoms with Crippen LogP contribution in [0.25, 0.3) is 0 Å². The van der Waals surface area contributed by atoms with E-state index in [1.807, 2.05) is 24.5 Å². The van der Waals surface area contributed by atoms with Gasteiger partial charge in [0.1, 0.15) is 5.82 Å². The number of hydrogen-bond acceptors (Lipinski definition) is 3. The zero-order valence-electron chi connectivity index (χ0n) is 12.5. The van der Waals surface area contributed by atoms with Crippen LogP contribution in [0.3, 0.4) is 0 Å². The third-order valence-electron chi connectivity index (χ3n) is 4.16. The topological polar surface area (TPSA) is 36.4 Å². The Bertz CT molecular complexity index is 584. The van der Waals surface area contributed by atoms with Crippen LogP contribution in [-0.2, 0) is 6.42 Å². The van der Waals surface area contributed by atoms with Crippen molar-refractivity contribution in [3.63, 3.8) is 0 Å². The lowest BCUT2D eigenvalue weighted by atomic mass is 10.1. The van der Waals surface area contributed by atoms with Crippen LogP contribution in [0, 0.1) is 5.82 Å². The molecule has 0 aliphatic heterocycles. The maximum atomic E-state index is 13.0. The summed E-state index contributed by atoms with van der Waals surface area (Å²) in [5, 5.41) is 10.4. The zero-order chi connectivity index (χ0) is 15.4. The Hall–Kier alpha value is -1.78. The molecule has 0 saturated heterocycles. The van der Waals surface area contributed by atoms with Gasteiger partial charge in [-0.25, -0.2) is 4.39 Å². The molecule has 22 heavy (non-hydrogen) atoms. The second-order valence-corrected chi connectivity index (χ2v) is 5.90. The molecular weight excluding hydrogens is 279 g/mol. The summed E-state index contributed by atoms with van der Waals surface area (Å²) in [6.45, 7) is 1.52. The Morgan fingerprint density at radius 3 is 2.45 bits per heavy atom. The van der Waals surface area contributed by atoms with E-state index >= 15 is 0 Å². The minimum absolute atomic E-state index is 0.271. The highest BCUT2D eigenvalue weighted by Gasteiger charge is 2.30. The molecule has 3 rings (SSSR count). The normalized spacial score (nSPS) is 16.0. The lowest BCUT2D eigenvalue weighted by molar-refractivity contribution is 0.109. The predicted molar refractivity (Wildman–Crippen MR) is 83.9 cm³/mol. The Morgan fingerprint density at radius 1 is 1.14 bits per heavy atom. The second-order valence-electron chi connectivity index (χ2n) is 5.90. The van der Waals surface area contributed by atoms with Crippen molar-refractivity contribution in [1.82, 2.24) is 9.88 Å². The molecule has 1 fully saturated rings. The summed E-state index contributed by atoms with van der Waals surface area (Å²) >= 11 is 0. The third kappa shape index (κ3) is 4.12. The first-order chi connectivity index (χ1) is 10.7. The highest BCUT2D eigenvalue weighted by Crippen LogP contribution is 2.29. The quantitative estimate of drug-likeness (QED) is 0.854. The predicted octanol–water partition coefficient (Wildman–Crippen LogP) is 2.96. The molecule has 2 aromatic rings.